The molecule has 1 aliphatic carbocycles. The molecule has 114 valence electrons. The van der Waals surface area contributed by atoms with Crippen LogP contribution in [0, 0.1) is 12.8 Å². The average Bonchev–Trinajstić information content (AvgIpc) is 2.98. The van der Waals surface area contributed by atoms with E-state index in [-0.39, 0.29) is 11.4 Å². The maximum atomic E-state index is 12.7. The molecule has 3 atom stereocenters. The van der Waals surface area contributed by atoms with Crippen molar-refractivity contribution in [3.63, 3.8) is 0 Å². The van der Waals surface area contributed by atoms with Crippen molar-refractivity contribution >= 4 is 16.8 Å². The Labute approximate surface area is 130 Å². The summed E-state index contributed by atoms with van der Waals surface area (Å²) in [5.41, 5.74) is 3.63. The number of carbonyl (C=O) groups is 1. The number of H-pyrrole nitrogens is 1. The summed E-state index contributed by atoms with van der Waals surface area (Å²) in [6.45, 7) is 4.19. The van der Waals surface area contributed by atoms with Gasteiger partial charge in [0.25, 0.3) is 0 Å². The molecule has 1 N–H and O–H groups in total. The minimum absolute atomic E-state index is 0.217. The molecule has 3 heterocycles. The summed E-state index contributed by atoms with van der Waals surface area (Å²) in [4.78, 5) is 20.7. The van der Waals surface area contributed by atoms with Crippen LogP contribution in [0.4, 0.5) is 0 Å². The van der Waals surface area contributed by atoms with Crippen molar-refractivity contribution in [1.82, 2.24) is 14.8 Å². The van der Waals surface area contributed by atoms with Crippen LogP contribution in [-0.2, 0) is 11.2 Å². The number of aryl methyl sites for hydroxylation is 1. The predicted molar refractivity (Wildman–Crippen MR) is 85.7 cm³/mol. The summed E-state index contributed by atoms with van der Waals surface area (Å²) in [6.07, 6.45) is 1.72. The maximum Gasteiger partial charge on any atom is 0.229 e. The van der Waals surface area contributed by atoms with E-state index in [9.17, 15) is 4.79 Å². The van der Waals surface area contributed by atoms with E-state index in [2.05, 4.69) is 53.0 Å². The highest BCUT2D eigenvalue weighted by Gasteiger charge is 2.75. The fraction of sp³-hybridized carbons (Fsp3) is 0.500. The van der Waals surface area contributed by atoms with Crippen LogP contribution >= 0.6 is 0 Å². The standard InChI is InChI=1S/C18H21N3O/c1-11-3-4-15-12(5-11)6-14(19-15)7-17(22)21-10-16-18(21)8-13(18)9-20(16)2/h3-6,13,16,19H,7-10H2,1-2H3. The van der Waals surface area contributed by atoms with Gasteiger partial charge < -0.3 is 9.88 Å². The van der Waals surface area contributed by atoms with Gasteiger partial charge in [0.15, 0.2) is 0 Å². The normalized spacial score (nSPS) is 32.7. The van der Waals surface area contributed by atoms with E-state index in [1.54, 1.807) is 0 Å². The predicted octanol–water partition coefficient (Wildman–Crippen LogP) is 1.93. The first kappa shape index (κ1) is 12.7. The van der Waals surface area contributed by atoms with Crippen molar-refractivity contribution in [3.05, 3.63) is 35.5 Å². The van der Waals surface area contributed by atoms with Crippen molar-refractivity contribution in [1.29, 1.82) is 0 Å². The molecule has 2 aromatic rings. The molecular formula is C18H21N3O. The highest BCUT2D eigenvalue weighted by Crippen LogP contribution is 2.62. The molecule has 22 heavy (non-hydrogen) atoms. The van der Waals surface area contributed by atoms with Gasteiger partial charge in [-0.1, -0.05) is 11.6 Å². The van der Waals surface area contributed by atoms with Crippen LogP contribution in [0.3, 0.4) is 0 Å². The third-order valence-electron chi connectivity index (χ3n) is 6.07. The third-order valence-corrected chi connectivity index (χ3v) is 6.07. The molecule has 3 aliphatic rings. The Hall–Kier alpha value is -1.81. The fourth-order valence-corrected chi connectivity index (χ4v) is 4.86. The molecule has 3 unspecified atom stereocenters. The minimum atomic E-state index is 0.217. The van der Waals surface area contributed by atoms with E-state index < -0.39 is 0 Å². The van der Waals surface area contributed by atoms with Crippen molar-refractivity contribution < 1.29 is 4.79 Å². The summed E-state index contributed by atoms with van der Waals surface area (Å²) in [5, 5.41) is 1.20. The molecule has 2 saturated heterocycles. The number of aromatic amines is 1. The lowest BCUT2D eigenvalue weighted by molar-refractivity contribution is -0.144. The summed E-state index contributed by atoms with van der Waals surface area (Å²) in [7, 11) is 2.19. The van der Waals surface area contributed by atoms with Crippen LogP contribution in [0.2, 0.25) is 0 Å². The second kappa shape index (κ2) is 3.93. The number of carbonyl (C=O) groups excluding carboxylic acids is 1. The molecule has 0 bridgehead atoms. The Morgan fingerprint density at radius 3 is 3.05 bits per heavy atom. The lowest BCUT2D eigenvalue weighted by atomic mass is 9.92. The summed E-state index contributed by atoms with van der Waals surface area (Å²) in [6, 6.07) is 9.11. The molecule has 0 radical (unpaired) electrons. The highest BCUT2D eigenvalue weighted by molar-refractivity contribution is 5.86. The number of nitrogens with one attached hydrogen (secondary N) is 1. The van der Waals surface area contributed by atoms with E-state index >= 15 is 0 Å². The number of likely N-dealkylation sites (N-methyl/N-ethyl adjacent to an activating group) is 1. The van der Waals surface area contributed by atoms with E-state index in [0.717, 1.165) is 23.7 Å². The number of hydrogen-bond donors (Lipinski definition) is 1. The van der Waals surface area contributed by atoms with Crippen LogP contribution in [0.15, 0.2) is 24.3 Å². The number of benzene rings is 1. The van der Waals surface area contributed by atoms with Gasteiger partial charge in [0, 0.05) is 24.3 Å². The number of nitrogens with zero attached hydrogens (tertiary/aromatic N) is 2. The number of hydrogen-bond acceptors (Lipinski definition) is 2. The van der Waals surface area contributed by atoms with E-state index in [1.807, 2.05) is 0 Å². The number of rotatable bonds is 2. The largest absolute Gasteiger partial charge is 0.358 e. The quantitative estimate of drug-likeness (QED) is 0.919. The average molecular weight is 295 g/mol. The molecule has 1 spiro atoms. The van der Waals surface area contributed by atoms with Gasteiger partial charge in [0.2, 0.25) is 5.91 Å². The Bertz CT molecular complexity index is 795. The highest BCUT2D eigenvalue weighted by atomic mass is 16.2. The second-order valence-corrected chi connectivity index (χ2v) is 7.41. The molecule has 4 heteroatoms. The first-order valence-electron chi connectivity index (χ1n) is 8.17. The Morgan fingerprint density at radius 1 is 1.36 bits per heavy atom. The number of fused-ring (bicyclic) bond motifs is 1. The SMILES string of the molecule is Cc1ccc2[nH]c(CC(=O)N3CC4N(C)CC5CC543)cc2c1. The smallest absolute Gasteiger partial charge is 0.229 e. The van der Waals surface area contributed by atoms with Crippen molar-refractivity contribution in [2.45, 2.75) is 31.3 Å². The van der Waals surface area contributed by atoms with Gasteiger partial charge in [0.05, 0.1) is 18.0 Å². The Balaban J connectivity index is 1.36. The lowest BCUT2D eigenvalue weighted by Crippen LogP contribution is -2.67. The van der Waals surface area contributed by atoms with Gasteiger partial charge in [-0.3, -0.25) is 9.69 Å². The van der Waals surface area contributed by atoms with Gasteiger partial charge in [-0.25, -0.2) is 0 Å². The van der Waals surface area contributed by atoms with Gasteiger partial charge in [-0.2, -0.15) is 0 Å². The van der Waals surface area contributed by atoms with Crippen LogP contribution in [-0.4, -0.2) is 52.4 Å². The molecule has 1 saturated carbocycles. The zero-order valence-corrected chi connectivity index (χ0v) is 13.1. The van der Waals surface area contributed by atoms with Crippen LogP contribution in [0.5, 0.6) is 0 Å². The lowest BCUT2D eigenvalue weighted by Gasteiger charge is -2.50. The second-order valence-electron chi connectivity index (χ2n) is 7.41. The number of likely N-dealkylation sites (tertiary alicyclic amines) is 2. The zero-order chi connectivity index (χ0) is 15.1. The van der Waals surface area contributed by atoms with E-state index in [4.69, 9.17) is 0 Å². The van der Waals surface area contributed by atoms with Crippen molar-refractivity contribution in [2.24, 2.45) is 5.92 Å². The molecule has 4 nitrogen and oxygen atoms in total. The minimum Gasteiger partial charge on any atom is -0.358 e. The monoisotopic (exact) mass is 295 g/mol. The molecular weight excluding hydrogens is 274 g/mol. The van der Waals surface area contributed by atoms with Gasteiger partial charge >= 0.3 is 0 Å². The van der Waals surface area contributed by atoms with Crippen LogP contribution < -0.4 is 0 Å². The number of aromatic nitrogens is 1. The first-order chi connectivity index (χ1) is 10.6. The van der Waals surface area contributed by atoms with Gasteiger partial charge in [-0.05, 0) is 49.9 Å². The molecule has 5 rings (SSSR count). The zero-order valence-electron chi connectivity index (χ0n) is 13.1. The first-order valence-corrected chi connectivity index (χ1v) is 8.17. The summed E-state index contributed by atoms with van der Waals surface area (Å²) >= 11 is 0. The molecule has 3 fully saturated rings. The van der Waals surface area contributed by atoms with Gasteiger partial charge in [-0.15, -0.1) is 0 Å². The fourth-order valence-electron chi connectivity index (χ4n) is 4.86. The van der Waals surface area contributed by atoms with Crippen LogP contribution in [0.1, 0.15) is 17.7 Å². The summed E-state index contributed by atoms with van der Waals surface area (Å²) < 4.78 is 0. The number of amides is 1. The number of piperidine rings is 1. The molecule has 1 aromatic heterocycles. The van der Waals surface area contributed by atoms with Crippen LogP contribution in [0.25, 0.3) is 10.9 Å². The maximum absolute atomic E-state index is 12.7. The molecule has 2 aliphatic heterocycles. The van der Waals surface area contributed by atoms with E-state index in [0.29, 0.717) is 12.5 Å². The third kappa shape index (κ3) is 1.48. The van der Waals surface area contributed by atoms with E-state index in [1.165, 1.54) is 23.9 Å². The van der Waals surface area contributed by atoms with Crippen molar-refractivity contribution in [3.8, 4) is 0 Å². The van der Waals surface area contributed by atoms with Crippen molar-refractivity contribution in [2.75, 3.05) is 20.1 Å². The Kier molecular flexibility index (Phi) is 2.27. The van der Waals surface area contributed by atoms with Gasteiger partial charge in [0.1, 0.15) is 0 Å². The Morgan fingerprint density at radius 2 is 2.23 bits per heavy atom. The summed E-state index contributed by atoms with van der Waals surface area (Å²) in [5.74, 6) is 1.02. The molecule has 1 aromatic carbocycles. The molecule has 1 amide bonds. The topological polar surface area (TPSA) is 39.3 Å².